The maximum Gasteiger partial charge on any atom is 0.147 e. The van der Waals surface area contributed by atoms with E-state index in [4.69, 9.17) is 11.6 Å². The Labute approximate surface area is 115 Å². The SMILES string of the molecule is CCCCCCCC(C)Nc1ccc(Cl)cc1F. The van der Waals surface area contributed by atoms with Crippen LogP contribution < -0.4 is 5.32 Å². The largest absolute Gasteiger partial charge is 0.380 e. The quantitative estimate of drug-likeness (QED) is 0.603. The molecule has 0 aliphatic rings. The molecule has 0 saturated heterocycles. The molecule has 0 radical (unpaired) electrons. The molecule has 1 aromatic rings. The van der Waals surface area contributed by atoms with Crippen molar-refractivity contribution in [2.45, 2.75) is 58.4 Å². The molecule has 3 heteroatoms. The van der Waals surface area contributed by atoms with Crippen molar-refractivity contribution < 1.29 is 4.39 Å². The van der Waals surface area contributed by atoms with Gasteiger partial charge in [0.1, 0.15) is 5.82 Å². The molecule has 0 bridgehead atoms. The average Bonchev–Trinajstić information content (AvgIpc) is 2.32. The van der Waals surface area contributed by atoms with E-state index in [0.717, 1.165) is 6.42 Å². The van der Waals surface area contributed by atoms with Gasteiger partial charge >= 0.3 is 0 Å². The highest BCUT2D eigenvalue weighted by Crippen LogP contribution is 2.20. The summed E-state index contributed by atoms with van der Waals surface area (Å²) in [6.45, 7) is 4.31. The Morgan fingerprint density at radius 1 is 1.22 bits per heavy atom. The first-order chi connectivity index (χ1) is 8.63. The van der Waals surface area contributed by atoms with Gasteiger partial charge in [-0.1, -0.05) is 50.6 Å². The molecule has 0 aliphatic heterocycles. The Hall–Kier alpha value is -0.760. The summed E-state index contributed by atoms with van der Waals surface area (Å²) in [5.74, 6) is -0.277. The van der Waals surface area contributed by atoms with Gasteiger partial charge in [-0.05, 0) is 31.5 Å². The lowest BCUT2D eigenvalue weighted by Gasteiger charge is -2.15. The number of rotatable bonds is 8. The maximum absolute atomic E-state index is 13.6. The lowest BCUT2D eigenvalue weighted by atomic mass is 10.1. The molecule has 0 aliphatic carbocycles. The molecule has 1 atom stereocenters. The van der Waals surface area contributed by atoms with Crippen molar-refractivity contribution in [3.8, 4) is 0 Å². The molecule has 1 N–H and O–H groups in total. The molecule has 0 saturated carbocycles. The highest BCUT2D eigenvalue weighted by Gasteiger charge is 2.06. The van der Waals surface area contributed by atoms with E-state index in [0.29, 0.717) is 16.8 Å². The molecule has 0 fully saturated rings. The molecular weight excluding hydrogens is 249 g/mol. The van der Waals surface area contributed by atoms with Crippen molar-refractivity contribution in [2.24, 2.45) is 0 Å². The zero-order valence-electron chi connectivity index (χ0n) is 11.3. The van der Waals surface area contributed by atoms with Crippen molar-refractivity contribution in [3.63, 3.8) is 0 Å². The molecule has 1 rings (SSSR count). The normalized spacial score (nSPS) is 12.4. The predicted octanol–water partition coefficient (Wildman–Crippen LogP) is 5.64. The van der Waals surface area contributed by atoms with Crippen LogP contribution in [0.15, 0.2) is 18.2 Å². The van der Waals surface area contributed by atoms with E-state index in [2.05, 4.69) is 19.2 Å². The number of nitrogens with one attached hydrogen (secondary N) is 1. The highest BCUT2D eigenvalue weighted by molar-refractivity contribution is 6.30. The fourth-order valence-electron chi connectivity index (χ4n) is 2.00. The van der Waals surface area contributed by atoms with Gasteiger partial charge in [0.05, 0.1) is 5.69 Å². The first-order valence-electron chi connectivity index (χ1n) is 6.85. The lowest BCUT2D eigenvalue weighted by molar-refractivity contribution is 0.573. The molecule has 0 aromatic heterocycles. The fraction of sp³-hybridized carbons (Fsp3) is 0.600. The summed E-state index contributed by atoms with van der Waals surface area (Å²) in [7, 11) is 0. The van der Waals surface area contributed by atoms with Crippen LogP contribution in [0, 0.1) is 5.82 Å². The average molecular weight is 272 g/mol. The number of unbranched alkanes of at least 4 members (excludes halogenated alkanes) is 4. The Morgan fingerprint density at radius 2 is 1.94 bits per heavy atom. The number of hydrogen-bond donors (Lipinski definition) is 1. The van der Waals surface area contributed by atoms with Crippen molar-refractivity contribution in [2.75, 3.05) is 5.32 Å². The molecule has 1 aromatic carbocycles. The van der Waals surface area contributed by atoms with E-state index in [1.54, 1.807) is 12.1 Å². The van der Waals surface area contributed by atoms with E-state index in [1.807, 2.05) is 0 Å². The molecule has 0 spiro atoms. The highest BCUT2D eigenvalue weighted by atomic mass is 35.5. The van der Waals surface area contributed by atoms with E-state index < -0.39 is 0 Å². The molecule has 102 valence electrons. The zero-order valence-corrected chi connectivity index (χ0v) is 12.1. The van der Waals surface area contributed by atoms with Gasteiger partial charge in [-0.15, -0.1) is 0 Å². The molecule has 0 amide bonds. The van der Waals surface area contributed by atoms with Gasteiger partial charge in [-0.2, -0.15) is 0 Å². The monoisotopic (exact) mass is 271 g/mol. The van der Waals surface area contributed by atoms with Crippen LogP contribution in [0.25, 0.3) is 0 Å². The van der Waals surface area contributed by atoms with Gasteiger partial charge < -0.3 is 5.32 Å². The summed E-state index contributed by atoms with van der Waals surface area (Å²) in [5, 5.41) is 3.63. The minimum absolute atomic E-state index is 0.277. The number of hydrogen-bond acceptors (Lipinski definition) is 1. The predicted molar refractivity (Wildman–Crippen MR) is 77.9 cm³/mol. The molecule has 0 heterocycles. The van der Waals surface area contributed by atoms with Crippen LogP contribution in [0.2, 0.25) is 5.02 Å². The Balaban J connectivity index is 2.28. The smallest absolute Gasteiger partial charge is 0.147 e. The molecule has 18 heavy (non-hydrogen) atoms. The summed E-state index contributed by atoms with van der Waals surface area (Å²) >= 11 is 5.72. The first-order valence-corrected chi connectivity index (χ1v) is 7.23. The third-order valence-corrected chi connectivity index (χ3v) is 3.31. The minimum Gasteiger partial charge on any atom is -0.380 e. The van der Waals surface area contributed by atoms with E-state index in [-0.39, 0.29) is 5.82 Å². The van der Waals surface area contributed by atoms with Crippen molar-refractivity contribution >= 4 is 17.3 Å². The van der Waals surface area contributed by atoms with Gasteiger partial charge in [-0.25, -0.2) is 4.39 Å². The van der Waals surface area contributed by atoms with Crippen molar-refractivity contribution in [3.05, 3.63) is 29.0 Å². The summed E-state index contributed by atoms with van der Waals surface area (Å²) in [6.07, 6.45) is 7.42. The summed E-state index contributed by atoms with van der Waals surface area (Å²) in [6, 6.07) is 5.05. The molecular formula is C15H23ClFN. The second-order valence-electron chi connectivity index (χ2n) is 4.87. The van der Waals surface area contributed by atoms with Crippen LogP contribution in [0.4, 0.5) is 10.1 Å². The van der Waals surface area contributed by atoms with Gasteiger partial charge in [0.2, 0.25) is 0 Å². The van der Waals surface area contributed by atoms with Crippen LogP contribution in [0.3, 0.4) is 0 Å². The van der Waals surface area contributed by atoms with Gasteiger partial charge in [-0.3, -0.25) is 0 Å². The Bertz CT molecular complexity index is 354. The number of benzene rings is 1. The fourth-order valence-corrected chi connectivity index (χ4v) is 2.16. The van der Waals surface area contributed by atoms with Crippen LogP contribution >= 0.6 is 11.6 Å². The summed E-state index contributed by atoms with van der Waals surface area (Å²) < 4.78 is 13.6. The van der Waals surface area contributed by atoms with Gasteiger partial charge in [0, 0.05) is 11.1 Å². The van der Waals surface area contributed by atoms with Crippen LogP contribution in [-0.4, -0.2) is 6.04 Å². The molecule has 1 unspecified atom stereocenters. The van der Waals surface area contributed by atoms with Crippen molar-refractivity contribution in [1.82, 2.24) is 0 Å². The standard InChI is InChI=1S/C15H23ClFN/c1-3-4-5-6-7-8-12(2)18-15-10-9-13(16)11-14(15)17/h9-12,18H,3-8H2,1-2H3. The lowest BCUT2D eigenvalue weighted by Crippen LogP contribution is -2.15. The van der Waals surface area contributed by atoms with Crippen LogP contribution in [0.5, 0.6) is 0 Å². The van der Waals surface area contributed by atoms with Gasteiger partial charge in [0.25, 0.3) is 0 Å². The maximum atomic E-state index is 13.6. The van der Waals surface area contributed by atoms with Crippen molar-refractivity contribution in [1.29, 1.82) is 0 Å². The minimum atomic E-state index is -0.277. The second-order valence-corrected chi connectivity index (χ2v) is 5.31. The third-order valence-electron chi connectivity index (χ3n) is 3.07. The Morgan fingerprint density at radius 3 is 2.61 bits per heavy atom. The third kappa shape index (κ3) is 5.72. The molecule has 1 nitrogen and oxygen atoms in total. The second kappa shape index (κ2) is 8.36. The first kappa shape index (κ1) is 15.3. The van der Waals surface area contributed by atoms with E-state index in [1.165, 1.54) is 38.2 Å². The van der Waals surface area contributed by atoms with Gasteiger partial charge in [0.15, 0.2) is 0 Å². The van der Waals surface area contributed by atoms with Crippen LogP contribution in [0.1, 0.15) is 52.4 Å². The van der Waals surface area contributed by atoms with E-state index in [9.17, 15) is 4.39 Å². The summed E-state index contributed by atoms with van der Waals surface area (Å²) in [5.41, 5.74) is 0.542. The van der Waals surface area contributed by atoms with Crippen LogP contribution in [-0.2, 0) is 0 Å². The summed E-state index contributed by atoms with van der Waals surface area (Å²) in [4.78, 5) is 0. The number of halogens is 2. The Kier molecular flexibility index (Phi) is 7.11. The van der Waals surface area contributed by atoms with E-state index >= 15 is 0 Å². The number of anilines is 1. The topological polar surface area (TPSA) is 12.0 Å². The zero-order chi connectivity index (χ0) is 13.4.